The summed E-state index contributed by atoms with van der Waals surface area (Å²) < 4.78 is 40.9. The van der Waals surface area contributed by atoms with E-state index in [4.69, 9.17) is 0 Å². The van der Waals surface area contributed by atoms with Crippen LogP contribution in [-0.4, -0.2) is 36.2 Å². The van der Waals surface area contributed by atoms with Crippen molar-refractivity contribution in [3.05, 3.63) is 83.2 Å². The number of hydrogen-bond acceptors (Lipinski definition) is 4. The lowest BCUT2D eigenvalue weighted by molar-refractivity contribution is 0.0941. The van der Waals surface area contributed by atoms with Crippen LogP contribution in [0.4, 0.5) is 10.1 Å². The zero-order valence-corrected chi connectivity index (χ0v) is 18.2. The second-order valence-corrected chi connectivity index (χ2v) is 9.67. The Labute approximate surface area is 180 Å². The van der Waals surface area contributed by atoms with Gasteiger partial charge >= 0.3 is 0 Å². The van der Waals surface area contributed by atoms with Crippen molar-refractivity contribution in [2.24, 2.45) is 7.05 Å². The first-order valence-corrected chi connectivity index (χ1v) is 11.7. The van der Waals surface area contributed by atoms with Crippen molar-refractivity contribution in [2.75, 3.05) is 10.6 Å². The summed E-state index contributed by atoms with van der Waals surface area (Å²) in [6.07, 6.45) is 5.12. The van der Waals surface area contributed by atoms with Crippen molar-refractivity contribution in [1.29, 1.82) is 0 Å². The smallest absolute Gasteiger partial charge is 0.252 e. The molecular formula is C22H23FN4O3S. The molecule has 162 valence electrons. The number of amides is 1. The Hall–Kier alpha value is -3.20. The molecule has 9 heteroatoms. The summed E-state index contributed by atoms with van der Waals surface area (Å²) in [4.78, 5) is 17.5. The number of anilines is 1. The summed E-state index contributed by atoms with van der Waals surface area (Å²) in [5.74, 6) is -0.0829. The maximum atomic E-state index is 13.4. The number of nitrogens with zero attached hydrogens (tertiary/aromatic N) is 3. The predicted octanol–water partition coefficient (Wildman–Crippen LogP) is 2.79. The van der Waals surface area contributed by atoms with Crippen molar-refractivity contribution < 1.29 is 17.6 Å². The number of aryl methyl sites for hydroxylation is 1. The van der Waals surface area contributed by atoms with Crippen LogP contribution >= 0.6 is 0 Å². The molecule has 1 amide bonds. The van der Waals surface area contributed by atoms with E-state index in [1.54, 1.807) is 47.3 Å². The molecule has 2 atom stereocenters. The molecule has 31 heavy (non-hydrogen) atoms. The molecule has 4 rings (SSSR count). The van der Waals surface area contributed by atoms with Gasteiger partial charge in [0.25, 0.3) is 5.91 Å². The topological polar surface area (TPSA) is 84.3 Å². The van der Waals surface area contributed by atoms with Gasteiger partial charge in [-0.15, -0.1) is 0 Å². The molecule has 2 unspecified atom stereocenters. The highest BCUT2D eigenvalue weighted by Crippen LogP contribution is 2.35. The van der Waals surface area contributed by atoms with E-state index in [1.165, 1.54) is 22.7 Å². The van der Waals surface area contributed by atoms with Crippen LogP contribution in [-0.2, 0) is 23.5 Å². The molecule has 2 aromatic carbocycles. The lowest BCUT2D eigenvalue weighted by atomic mass is 10.0. The molecule has 1 aliphatic heterocycles. The van der Waals surface area contributed by atoms with Crippen LogP contribution in [0.25, 0.3) is 0 Å². The van der Waals surface area contributed by atoms with Gasteiger partial charge in [-0.1, -0.05) is 12.1 Å². The van der Waals surface area contributed by atoms with Crippen molar-refractivity contribution in [1.82, 2.24) is 14.9 Å². The number of fused-ring (bicyclic) bond motifs is 1. The molecule has 1 aromatic heterocycles. The zero-order chi connectivity index (χ0) is 22.3. The standard InChI is InChI=1S/C22H23FN4O3S/c1-14-12-17-13-16(6-9-19(17)27(14)31(3,29)30)22(28)25-20(21-24-10-11-26(21)2)15-4-7-18(23)8-5-15/h4-11,13-14,20H,12H2,1-3H3,(H,25,28). The normalized spacial score (nSPS) is 16.8. The van der Waals surface area contributed by atoms with Crippen molar-refractivity contribution in [2.45, 2.75) is 25.4 Å². The fourth-order valence-electron chi connectivity index (χ4n) is 4.07. The number of carbonyl (C=O) groups excluding carboxylic acids is 1. The molecule has 3 aromatic rings. The lowest BCUT2D eigenvalue weighted by Crippen LogP contribution is -2.34. The third kappa shape index (κ3) is 4.05. The van der Waals surface area contributed by atoms with Crippen LogP contribution in [0.2, 0.25) is 0 Å². The zero-order valence-electron chi connectivity index (χ0n) is 17.4. The summed E-state index contributed by atoms with van der Waals surface area (Å²) in [5, 5.41) is 2.98. The molecule has 2 heterocycles. The molecular weight excluding hydrogens is 419 g/mol. The summed E-state index contributed by atoms with van der Waals surface area (Å²) in [7, 11) is -1.58. The number of aromatic nitrogens is 2. The quantitative estimate of drug-likeness (QED) is 0.659. The van der Waals surface area contributed by atoms with Gasteiger partial charge < -0.3 is 9.88 Å². The largest absolute Gasteiger partial charge is 0.338 e. The van der Waals surface area contributed by atoms with E-state index in [9.17, 15) is 17.6 Å². The maximum Gasteiger partial charge on any atom is 0.252 e. The van der Waals surface area contributed by atoms with E-state index < -0.39 is 16.1 Å². The molecule has 0 bridgehead atoms. The number of sulfonamides is 1. The molecule has 0 radical (unpaired) electrons. The third-order valence-electron chi connectivity index (χ3n) is 5.45. The van der Waals surface area contributed by atoms with E-state index >= 15 is 0 Å². The van der Waals surface area contributed by atoms with E-state index in [0.29, 0.717) is 29.1 Å². The van der Waals surface area contributed by atoms with E-state index in [0.717, 1.165) is 5.56 Å². The highest BCUT2D eigenvalue weighted by Gasteiger charge is 2.33. The average Bonchev–Trinajstić information content (AvgIpc) is 3.27. The third-order valence-corrected chi connectivity index (χ3v) is 6.72. The van der Waals surface area contributed by atoms with Crippen LogP contribution in [0.15, 0.2) is 54.9 Å². The second kappa shape index (κ2) is 7.81. The summed E-state index contributed by atoms with van der Waals surface area (Å²) in [6, 6.07) is 10.1. The summed E-state index contributed by atoms with van der Waals surface area (Å²) >= 11 is 0. The second-order valence-electron chi connectivity index (χ2n) is 7.81. The molecule has 0 aliphatic carbocycles. The number of nitrogens with one attached hydrogen (secondary N) is 1. The predicted molar refractivity (Wildman–Crippen MR) is 116 cm³/mol. The Kier molecular flexibility index (Phi) is 5.30. The minimum absolute atomic E-state index is 0.206. The van der Waals surface area contributed by atoms with Gasteiger partial charge in [0.15, 0.2) is 0 Å². The Morgan fingerprint density at radius 3 is 2.55 bits per heavy atom. The molecule has 7 nitrogen and oxygen atoms in total. The van der Waals surface area contributed by atoms with Gasteiger partial charge in [-0.25, -0.2) is 17.8 Å². The Bertz CT molecular complexity index is 1240. The first kappa shape index (κ1) is 21.0. The highest BCUT2D eigenvalue weighted by molar-refractivity contribution is 7.92. The van der Waals surface area contributed by atoms with Crippen LogP contribution in [0, 0.1) is 5.82 Å². The average molecular weight is 443 g/mol. The maximum absolute atomic E-state index is 13.4. The molecule has 0 saturated heterocycles. The van der Waals surface area contributed by atoms with Crippen molar-refractivity contribution >= 4 is 21.6 Å². The monoisotopic (exact) mass is 442 g/mol. The van der Waals surface area contributed by atoms with E-state index in [1.807, 2.05) is 14.0 Å². The SMILES string of the molecule is CC1Cc2cc(C(=O)NC(c3ccc(F)cc3)c3nccn3C)ccc2N1S(C)(=O)=O. The Morgan fingerprint density at radius 1 is 1.23 bits per heavy atom. The molecule has 1 aliphatic rings. The van der Waals surface area contributed by atoms with E-state index in [-0.39, 0.29) is 17.8 Å². The van der Waals surface area contributed by atoms with Gasteiger partial charge in [0.05, 0.1) is 11.9 Å². The Balaban J connectivity index is 1.65. The first-order valence-electron chi connectivity index (χ1n) is 9.81. The fourth-order valence-corrected chi connectivity index (χ4v) is 5.33. The molecule has 0 spiro atoms. The number of rotatable bonds is 5. The van der Waals surface area contributed by atoms with Crippen molar-refractivity contribution in [3.63, 3.8) is 0 Å². The minimum atomic E-state index is -3.40. The fraction of sp³-hybridized carbons (Fsp3) is 0.273. The van der Waals surface area contributed by atoms with Crippen LogP contribution in [0.5, 0.6) is 0 Å². The molecule has 0 saturated carbocycles. The first-order chi connectivity index (χ1) is 14.6. The highest BCUT2D eigenvalue weighted by atomic mass is 32.2. The van der Waals surface area contributed by atoms with Crippen LogP contribution < -0.4 is 9.62 Å². The molecule has 0 fully saturated rings. The molecule has 1 N–H and O–H groups in total. The Morgan fingerprint density at radius 2 is 1.94 bits per heavy atom. The van der Waals surface area contributed by atoms with Gasteiger partial charge in [-0.3, -0.25) is 9.10 Å². The number of imidazole rings is 1. The van der Waals surface area contributed by atoms with Crippen LogP contribution in [0.1, 0.15) is 40.3 Å². The number of halogens is 1. The van der Waals surface area contributed by atoms with Gasteiger partial charge in [0.2, 0.25) is 10.0 Å². The number of carbonyl (C=O) groups is 1. The number of hydrogen-bond donors (Lipinski definition) is 1. The van der Waals surface area contributed by atoms with Crippen LogP contribution in [0.3, 0.4) is 0 Å². The summed E-state index contributed by atoms with van der Waals surface area (Å²) in [5.41, 5.74) is 2.52. The van der Waals surface area contributed by atoms with Gasteiger partial charge in [-0.2, -0.15) is 0 Å². The number of benzene rings is 2. The van der Waals surface area contributed by atoms with Gasteiger partial charge in [-0.05, 0) is 54.8 Å². The lowest BCUT2D eigenvalue weighted by Gasteiger charge is -2.22. The van der Waals surface area contributed by atoms with Crippen molar-refractivity contribution in [3.8, 4) is 0 Å². The minimum Gasteiger partial charge on any atom is -0.338 e. The van der Waals surface area contributed by atoms with Gasteiger partial charge in [0.1, 0.15) is 17.7 Å². The summed E-state index contributed by atoms with van der Waals surface area (Å²) in [6.45, 7) is 1.84. The van der Waals surface area contributed by atoms with Gasteiger partial charge in [0, 0.05) is 31.0 Å². The van der Waals surface area contributed by atoms with E-state index in [2.05, 4.69) is 10.3 Å².